The highest BCUT2D eigenvalue weighted by molar-refractivity contribution is 5.94. The van der Waals surface area contributed by atoms with Crippen LogP contribution in [0.3, 0.4) is 0 Å². The first kappa shape index (κ1) is 15.7. The SMILES string of the molecule is O=C(O)COc1cccc(C(=O)N2CCc3nc[nH]c(=O)c3C2)c1. The molecule has 2 aromatic rings. The Hall–Kier alpha value is -3.16. The predicted octanol–water partition coefficient (Wildman–Crippen LogP) is 0.432. The van der Waals surface area contributed by atoms with Gasteiger partial charge in [0.2, 0.25) is 0 Å². The molecule has 1 amide bonds. The maximum atomic E-state index is 12.6. The zero-order valence-electron chi connectivity index (χ0n) is 12.7. The average Bonchev–Trinajstić information content (AvgIpc) is 2.60. The maximum absolute atomic E-state index is 12.6. The van der Waals surface area contributed by atoms with E-state index >= 15 is 0 Å². The first-order chi connectivity index (χ1) is 11.5. The van der Waals surface area contributed by atoms with Crippen molar-refractivity contribution in [3.05, 3.63) is 57.8 Å². The third-order valence-electron chi connectivity index (χ3n) is 3.74. The number of carboxylic acids is 1. The van der Waals surface area contributed by atoms with Gasteiger partial charge < -0.3 is 19.7 Å². The van der Waals surface area contributed by atoms with E-state index in [9.17, 15) is 14.4 Å². The molecule has 3 rings (SSSR count). The lowest BCUT2D eigenvalue weighted by atomic mass is 10.1. The van der Waals surface area contributed by atoms with E-state index in [1.54, 1.807) is 23.1 Å². The predicted molar refractivity (Wildman–Crippen MR) is 82.9 cm³/mol. The number of carboxylic acid groups (broad SMARTS) is 1. The lowest BCUT2D eigenvalue weighted by molar-refractivity contribution is -0.139. The lowest BCUT2D eigenvalue weighted by Crippen LogP contribution is -2.39. The normalized spacial score (nSPS) is 13.2. The van der Waals surface area contributed by atoms with Crippen LogP contribution in [-0.2, 0) is 17.8 Å². The number of carbonyl (C=O) groups excluding carboxylic acids is 1. The van der Waals surface area contributed by atoms with Gasteiger partial charge in [-0.3, -0.25) is 9.59 Å². The number of benzene rings is 1. The molecule has 2 heterocycles. The number of hydrogen-bond donors (Lipinski definition) is 2. The molecule has 1 aliphatic heterocycles. The van der Waals surface area contributed by atoms with Crippen molar-refractivity contribution in [2.24, 2.45) is 0 Å². The Labute approximate surface area is 136 Å². The topological polar surface area (TPSA) is 113 Å². The molecular weight excluding hydrogens is 314 g/mol. The zero-order chi connectivity index (χ0) is 17.1. The van der Waals surface area contributed by atoms with E-state index in [0.717, 1.165) is 0 Å². The second-order valence-electron chi connectivity index (χ2n) is 5.34. The second kappa shape index (κ2) is 6.53. The van der Waals surface area contributed by atoms with Crippen LogP contribution < -0.4 is 10.3 Å². The Morgan fingerprint density at radius 3 is 3.00 bits per heavy atom. The van der Waals surface area contributed by atoms with Crippen LogP contribution in [0.15, 0.2) is 35.4 Å². The molecule has 0 saturated carbocycles. The Morgan fingerprint density at radius 2 is 2.21 bits per heavy atom. The molecule has 0 aliphatic carbocycles. The summed E-state index contributed by atoms with van der Waals surface area (Å²) in [5.41, 5.74) is 1.34. The van der Waals surface area contributed by atoms with Gasteiger partial charge >= 0.3 is 5.97 Å². The number of nitrogens with one attached hydrogen (secondary N) is 1. The minimum Gasteiger partial charge on any atom is -0.482 e. The van der Waals surface area contributed by atoms with Crippen molar-refractivity contribution in [3.8, 4) is 5.75 Å². The van der Waals surface area contributed by atoms with Crippen molar-refractivity contribution in [2.75, 3.05) is 13.2 Å². The lowest BCUT2D eigenvalue weighted by Gasteiger charge is -2.27. The Kier molecular flexibility index (Phi) is 4.28. The smallest absolute Gasteiger partial charge is 0.341 e. The monoisotopic (exact) mass is 329 g/mol. The van der Waals surface area contributed by atoms with Crippen molar-refractivity contribution in [1.82, 2.24) is 14.9 Å². The number of H-pyrrole nitrogens is 1. The van der Waals surface area contributed by atoms with Crippen LogP contribution in [0.5, 0.6) is 5.75 Å². The van der Waals surface area contributed by atoms with Gasteiger partial charge in [-0.05, 0) is 18.2 Å². The molecule has 0 fully saturated rings. The van der Waals surface area contributed by atoms with Crippen LogP contribution >= 0.6 is 0 Å². The summed E-state index contributed by atoms with van der Waals surface area (Å²) in [6, 6.07) is 6.32. The molecule has 0 bridgehead atoms. The van der Waals surface area contributed by atoms with Gasteiger partial charge in [-0.2, -0.15) is 0 Å². The molecule has 0 unspecified atom stereocenters. The van der Waals surface area contributed by atoms with Crippen molar-refractivity contribution >= 4 is 11.9 Å². The highest BCUT2D eigenvalue weighted by atomic mass is 16.5. The quantitative estimate of drug-likeness (QED) is 0.841. The van der Waals surface area contributed by atoms with E-state index < -0.39 is 12.6 Å². The molecule has 124 valence electrons. The maximum Gasteiger partial charge on any atom is 0.341 e. The van der Waals surface area contributed by atoms with Gasteiger partial charge in [-0.25, -0.2) is 9.78 Å². The van der Waals surface area contributed by atoms with Gasteiger partial charge in [0.15, 0.2) is 6.61 Å². The summed E-state index contributed by atoms with van der Waals surface area (Å²) >= 11 is 0. The average molecular weight is 329 g/mol. The molecule has 0 radical (unpaired) electrons. The minimum absolute atomic E-state index is 0.192. The zero-order valence-corrected chi connectivity index (χ0v) is 12.7. The summed E-state index contributed by atoms with van der Waals surface area (Å²) in [7, 11) is 0. The third-order valence-corrected chi connectivity index (χ3v) is 3.74. The molecule has 8 heteroatoms. The number of amides is 1. The number of ether oxygens (including phenoxy) is 1. The van der Waals surface area contributed by atoms with E-state index in [1.807, 2.05) is 0 Å². The fraction of sp³-hybridized carbons (Fsp3) is 0.250. The van der Waals surface area contributed by atoms with Gasteiger partial charge in [-0.15, -0.1) is 0 Å². The summed E-state index contributed by atoms with van der Waals surface area (Å²) in [5, 5.41) is 8.64. The Morgan fingerprint density at radius 1 is 1.38 bits per heavy atom. The summed E-state index contributed by atoms with van der Waals surface area (Å²) < 4.78 is 5.09. The standard InChI is InChI=1S/C16H15N3O5/c20-14(21)8-24-11-3-1-2-10(6-11)16(23)19-5-4-13-12(7-19)15(22)18-9-17-13/h1-3,6,9H,4-5,7-8H2,(H,20,21)(H,17,18,22). The van der Waals surface area contributed by atoms with Crippen LogP contribution in [0.2, 0.25) is 0 Å². The molecular formula is C16H15N3O5. The summed E-state index contributed by atoms with van der Waals surface area (Å²) in [6.45, 7) is 0.176. The van der Waals surface area contributed by atoms with Crippen molar-refractivity contribution < 1.29 is 19.4 Å². The van der Waals surface area contributed by atoms with E-state index in [1.165, 1.54) is 12.4 Å². The van der Waals surface area contributed by atoms with E-state index in [4.69, 9.17) is 9.84 Å². The molecule has 0 saturated heterocycles. The first-order valence-corrected chi connectivity index (χ1v) is 7.34. The van der Waals surface area contributed by atoms with E-state index in [2.05, 4.69) is 9.97 Å². The second-order valence-corrected chi connectivity index (χ2v) is 5.34. The minimum atomic E-state index is -1.09. The number of fused-ring (bicyclic) bond motifs is 1. The van der Waals surface area contributed by atoms with Crippen LogP contribution in [0, 0.1) is 0 Å². The van der Waals surface area contributed by atoms with Gasteiger partial charge in [-0.1, -0.05) is 6.07 Å². The molecule has 24 heavy (non-hydrogen) atoms. The fourth-order valence-electron chi connectivity index (χ4n) is 2.57. The summed E-state index contributed by atoms with van der Waals surface area (Å²) in [4.78, 5) is 43.3. The van der Waals surface area contributed by atoms with E-state index in [0.29, 0.717) is 35.5 Å². The van der Waals surface area contributed by atoms with Crippen molar-refractivity contribution in [1.29, 1.82) is 0 Å². The molecule has 0 spiro atoms. The number of aromatic nitrogens is 2. The number of hydrogen-bond acceptors (Lipinski definition) is 5. The van der Waals surface area contributed by atoms with Gasteiger partial charge in [0, 0.05) is 18.5 Å². The van der Waals surface area contributed by atoms with Crippen molar-refractivity contribution in [2.45, 2.75) is 13.0 Å². The highest BCUT2D eigenvalue weighted by Gasteiger charge is 2.24. The number of carbonyl (C=O) groups is 2. The van der Waals surface area contributed by atoms with Gasteiger partial charge in [0.05, 0.1) is 24.1 Å². The molecule has 8 nitrogen and oxygen atoms in total. The third kappa shape index (κ3) is 3.27. The largest absolute Gasteiger partial charge is 0.482 e. The highest BCUT2D eigenvalue weighted by Crippen LogP contribution is 2.19. The van der Waals surface area contributed by atoms with Crippen LogP contribution in [-0.4, -0.2) is 45.0 Å². The van der Waals surface area contributed by atoms with Crippen LogP contribution in [0.4, 0.5) is 0 Å². The van der Waals surface area contributed by atoms with E-state index in [-0.39, 0.29) is 18.0 Å². The number of aromatic amines is 1. The van der Waals surface area contributed by atoms with Crippen molar-refractivity contribution in [3.63, 3.8) is 0 Å². The number of nitrogens with zero attached hydrogens (tertiary/aromatic N) is 2. The summed E-state index contributed by atoms with van der Waals surface area (Å²) in [6.07, 6.45) is 1.88. The van der Waals surface area contributed by atoms with Gasteiger partial charge in [0.25, 0.3) is 11.5 Å². The number of aliphatic carboxylic acids is 1. The Bertz CT molecular complexity index is 846. The molecule has 2 N–H and O–H groups in total. The first-order valence-electron chi connectivity index (χ1n) is 7.34. The molecule has 1 aromatic carbocycles. The molecule has 0 atom stereocenters. The molecule has 1 aliphatic rings. The fourth-order valence-corrected chi connectivity index (χ4v) is 2.57. The molecule has 1 aromatic heterocycles. The Balaban J connectivity index is 1.78. The van der Waals surface area contributed by atoms with Crippen LogP contribution in [0.1, 0.15) is 21.6 Å². The summed E-state index contributed by atoms with van der Waals surface area (Å²) in [5.74, 6) is -1.03. The van der Waals surface area contributed by atoms with Gasteiger partial charge in [0.1, 0.15) is 5.75 Å². The number of rotatable bonds is 4. The van der Waals surface area contributed by atoms with Crippen LogP contribution in [0.25, 0.3) is 0 Å².